The molecule has 0 heterocycles. The minimum absolute atomic E-state index is 0.137. The third kappa shape index (κ3) is 3.20. The monoisotopic (exact) mass is 426 g/mol. The Balaban J connectivity index is 2.68. The summed E-state index contributed by atoms with van der Waals surface area (Å²) in [5.74, 6) is 0.910. The number of carbonyl (C=O) groups is 1. The average Bonchev–Trinajstić information content (AvgIpc) is 2.45. The molecule has 0 radical (unpaired) electrons. The van der Waals surface area contributed by atoms with Crippen molar-refractivity contribution in [3.05, 3.63) is 55.5 Å². The molecule has 5 heteroatoms. The lowest BCUT2D eigenvalue weighted by molar-refractivity contribution is 0.103. The molecule has 0 saturated heterocycles. The van der Waals surface area contributed by atoms with Crippen LogP contribution in [0.25, 0.3) is 0 Å². The van der Waals surface area contributed by atoms with Crippen molar-refractivity contribution < 1.29 is 14.3 Å². The van der Waals surface area contributed by atoms with Crippen LogP contribution in [-0.2, 0) is 0 Å². The Hall–Kier alpha value is -1.33. The molecule has 0 saturated carbocycles. The van der Waals surface area contributed by atoms with Crippen LogP contribution in [0.4, 0.5) is 0 Å². The molecule has 0 spiro atoms. The lowest BCUT2D eigenvalue weighted by Crippen LogP contribution is -2.08. The third-order valence-corrected chi connectivity index (χ3v) is 4.45. The summed E-state index contributed by atoms with van der Waals surface area (Å²) < 4.78 is 12.3. The third-order valence-electron chi connectivity index (χ3n) is 3.27. The van der Waals surface area contributed by atoms with Crippen molar-refractivity contribution in [2.75, 3.05) is 14.2 Å². The Bertz CT molecular complexity index is 678. The number of aryl methyl sites for hydroxylation is 2. The van der Waals surface area contributed by atoms with Crippen LogP contribution in [0.15, 0.2) is 33.2 Å². The van der Waals surface area contributed by atoms with Crippen molar-refractivity contribution in [2.45, 2.75) is 13.8 Å². The standard InChI is InChI=1S/C17H16Br2O3/c1-9-5-11(16(21-3)13(18)7-9)15(20)12-6-10(2)8-14(19)17(12)22-4/h5-8H,1-4H3. The van der Waals surface area contributed by atoms with Crippen molar-refractivity contribution in [1.82, 2.24) is 0 Å². The molecule has 0 aliphatic carbocycles. The van der Waals surface area contributed by atoms with Crippen LogP contribution in [0.2, 0.25) is 0 Å². The second-order valence-electron chi connectivity index (χ2n) is 4.98. The summed E-state index contributed by atoms with van der Waals surface area (Å²) in [6, 6.07) is 7.47. The maximum absolute atomic E-state index is 13.0. The highest BCUT2D eigenvalue weighted by Crippen LogP contribution is 2.36. The molecule has 0 aliphatic rings. The molecule has 0 unspecified atom stereocenters. The summed E-state index contributed by atoms with van der Waals surface area (Å²) in [6.45, 7) is 3.87. The molecule has 0 bridgehead atoms. The predicted octanol–water partition coefficient (Wildman–Crippen LogP) is 5.08. The van der Waals surface area contributed by atoms with Crippen molar-refractivity contribution in [2.24, 2.45) is 0 Å². The summed E-state index contributed by atoms with van der Waals surface area (Å²) in [5, 5.41) is 0. The molecule has 0 atom stereocenters. The lowest BCUT2D eigenvalue weighted by atomic mass is 9.98. The van der Waals surface area contributed by atoms with Crippen LogP contribution < -0.4 is 9.47 Å². The van der Waals surface area contributed by atoms with Gasteiger partial charge in [-0.15, -0.1) is 0 Å². The SMILES string of the molecule is COc1c(Br)cc(C)cc1C(=O)c1cc(C)cc(Br)c1OC. The fraction of sp³-hybridized carbons (Fsp3) is 0.235. The number of ether oxygens (including phenoxy) is 2. The number of benzene rings is 2. The maximum Gasteiger partial charge on any atom is 0.200 e. The molecule has 0 aromatic heterocycles. The van der Waals surface area contributed by atoms with Crippen molar-refractivity contribution in [3.8, 4) is 11.5 Å². The number of halogens is 2. The molecule has 22 heavy (non-hydrogen) atoms. The molecule has 0 amide bonds. The molecule has 2 aromatic carbocycles. The molecule has 3 nitrogen and oxygen atoms in total. The van der Waals surface area contributed by atoms with Crippen LogP contribution in [0, 0.1) is 13.8 Å². The van der Waals surface area contributed by atoms with Gasteiger partial charge in [-0.05, 0) is 81.1 Å². The topological polar surface area (TPSA) is 35.5 Å². The first-order valence-corrected chi connectivity index (χ1v) is 8.20. The van der Waals surface area contributed by atoms with Gasteiger partial charge in [-0.2, -0.15) is 0 Å². The van der Waals surface area contributed by atoms with E-state index in [0.29, 0.717) is 22.6 Å². The molecule has 2 rings (SSSR count). The van der Waals surface area contributed by atoms with Crippen LogP contribution in [0.5, 0.6) is 11.5 Å². The van der Waals surface area contributed by atoms with Gasteiger partial charge in [-0.1, -0.05) is 0 Å². The highest BCUT2D eigenvalue weighted by Gasteiger charge is 2.22. The highest BCUT2D eigenvalue weighted by molar-refractivity contribution is 9.10. The Morgan fingerprint density at radius 1 is 0.818 bits per heavy atom. The Morgan fingerprint density at radius 3 is 1.50 bits per heavy atom. The first kappa shape index (κ1) is 17.0. The van der Waals surface area contributed by atoms with E-state index in [0.717, 1.165) is 20.1 Å². The summed E-state index contributed by atoms with van der Waals surface area (Å²) in [6.07, 6.45) is 0. The van der Waals surface area contributed by atoms with Gasteiger partial charge in [0.25, 0.3) is 0 Å². The van der Waals surface area contributed by atoms with E-state index in [1.807, 2.05) is 38.1 Å². The zero-order chi connectivity index (χ0) is 16.4. The molecule has 2 aromatic rings. The van der Waals surface area contributed by atoms with Gasteiger partial charge < -0.3 is 9.47 Å². The second-order valence-corrected chi connectivity index (χ2v) is 6.69. The first-order chi connectivity index (χ1) is 10.4. The van der Waals surface area contributed by atoms with Crippen LogP contribution in [0.1, 0.15) is 27.0 Å². The van der Waals surface area contributed by atoms with Crippen LogP contribution in [-0.4, -0.2) is 20.0 Å². The van der Waals surface area contributed by atoms with E-state index >= 15 is 0 Å². The summed E-state index contributed by atoms with van der Waals surface area (Å²) >= 11 is 6.89. The van der Waals surface area contributed by atoms with Gasteiger partial charge in [0.05, 0.1) is 34.3 Å². The molecule has 0 aliphatic heterocycles. The van der Waals surface area contributed by atoms with Gasteiger partial charge >= 0.3 is 0 Å². The first-order valence-electron chi connectivity index (χ1n) is 6.62. The Kier molecular flexibility index (Phi) is 5.29. The summed E-state index contributed by atoms with van der Waals surface area (Å²) in [5.41, 5.74) is 2.96. The van der Waals surface area contributed by atoms with Crippen molar-refractivity contribution in [3.63, 3.8) is 0 Å². The smallest absolute Gasteiger partial charge is 0.200 e. The van der Waals surface area contributed by atoms with Gasteiger partial charge in [0.15, 0.2) is 0 Å². The zero-order valence-electron chi connectivity index (χ0n) is 12.8. The number of methoxy groups -OCH3 is 2. The van der Waals surface area contributed by atoms with E-state index in [9.17, 15) is 4.79 Å². The normalized spacial score (nSPS) is 10.5. The Labute approximate surface area is 146 Å². The number of hydrogen-bond donors (Lipinski definition) is 0. The van der Waals surface area contributed by atoms with E-state index in [4.69, 9.17) is 9.47 Å². The summed E-state index contributed by atoms with van der Waals surface area (Å²) in [4.78, 5) is 13.0. The molecule has 0 fully saturated rings. The van der Waals surface area contributed by atoms with Gasteiger partial charge in [-0.25, -0.2) is 0 Å². The predicted molar refractivity (Wildman–Crippen MR) is 94.3 cm³/mol. The zero-order valence-corrected chi connectivity index (χ0v) is 16.0. The van der Waals surface area contributed by atoms with Crippen molar-refractivity contribution in [1.29, 1.82) is 0 Å². The van der Waals surface area contributed by atoms with Crippen LogP contribution in [0.3, 0.4) is 0 Å². The minimum atomic E-state index is -0.137. The van der Waals surface area contributed by atoms with Crippen molar-refractivity contribution >= 4 is 37.6 Å². The number of hydrogen-bond acceptors (Lipinski definition) is 3. The molecule has 0 N–H and O–H groups in total. The quantitative estimate of drug-likeness (QED) is 0.638. The fourth-order valence-corrected chi connectivity index (χ4v) is 3.83. The number of rotatable bonds is 4. The fourth-order valence-electron chi connectivity index (χ4n) is 2.36. The van der Waals surface area contributed by atoms with Gasteiger partial charge in [0, 0.05) is 0 Å². The van der Waals surface area contributed by atoms with E-state index in [2.05, 4.69) is 31.9 Å². The van der Waals surface area contributed by atoms with Gasteiger partial charge in [-0.3, -0.25) is 4.79 Å². The number of ketones is 1. The largest absolute Gasteiger partial charge is 0.495 e. The minimum Gasteiger partial charge on any atom is -0.495 e. The molecular weight excluding hydrogens is 412 g/mol. The van der Waals surface area contributed by atoms with Crippen LogP contribution >= 0.6 is 31.9 Å². The number of carbonyl (C=O) groups excluding carboxylic acids is 1. The lowest BCUT2D eigenvalue weighted by Gasteiger charge is -2.14. The van der Waals surface area contributed by atoms with E-state index in [1.54, 1.807) is 14.2 Å². The van der Waals surface area contributed by atoms with Gasteiger partial charge in [0.1, 0.15) is 11.5 Å². The summed E-state index contributed by atoms with van der Waals surface area (Å²) in [7, 11) is 3.10. The van der Waals surface area contributed by atoms with E-state index < -0.39 is 0 Å². The Morgan fingerprint density at radius 2 is 1.18 bits per heavy atom. The highest BCUT2D eigenvalue weighted by atomic mass is 79.9. The molecule has 116 valence electrons. The molecular formula is C17H16Br2O3. The van der Waals surface area contributed by atoms with Gasteiger partial charge in [0.2, 0.25) is 5.78 Å². The second kappa shape index (κ2) is 6.84. The average molecular weight is 428 g/mol. The van der Waals surface area contributed by atoms with E-state index in [1.165, 1.54) is 0 Å². The maximum atomic E-state index is 13.0. The van der Waals surface area contributed by atoms with E-state index in [-0.39, 0.29) is 5.78 Å².